The number of fused-ring (bicyclic) bond motifs is 1. The number of hydrogen-bond donors (Lipinski definition) is 3. The van der Waals surface area contributed by atoms with Gasteiger partial charge in [0.1, 0.15) is 11.9 Å². The number of methoxy groups -OCH3 is 1. The second-order valence-electron chi connectivity index (χ2n) is 8.81. The molecule has 13 heteroatoms. The molecule has 0 saturated carbocycles. The number of aromatic nitrogens is 1. The molecule has 1 aliphatic heterocycles. The first-order valence-corrected chi connectivity index (χ1v) is 12.8. The fourth-order valence-electron chi connectivity index (χ4n) is 4.19. The Hall–Kier alpha value is -3.63. The van der Waals surface area contributed by atoms with Gasteiger partial charge in [-0.15, -0.1) is 0 Å². The first-order valence-electron chi connectivity index (χ1n) is 12.0. The molecule has 1 amide bonds. The predicted molar refractivity (Wildman–Crippen MR) is 142 cm³/mol. The molecule has 0 bridgehead atoms. The Bertz CT molecular complexity index is 1400. The molecule has 1 fully saturated rings. The summed E-state index contributed by atoms with van der Waals surface area (Å²) in [6.07, 6.45) is 0.681. The highest BCUT2D eigenvalue weighted by molar-refractivity contribution is 8.00. The lowest BCUT2D eigenvalue weighted by molar-refractivity contribution is -0.0328. The minimum atomic E-state index is -4.59. The number of carbonyl (C=O) groups is 1. The number of rotatable bonds is 7. The van der Waals surface area contributed by atoms with E-state index in [1.54, 1.807) is 18.2 Å². The molecule has 0 spiro atoms. The predicted octanol–water partition coefficient (Wildman–Crippen LogP) is 4.73. The SMILES string of the molecule is CNC(=O)c1ccc(OC)c(NCC#Cc2oc3c(N[C@@H]4CCN(C)C[C@@H]4F)nccc3c2SC(F)(F)F)c1. The lowest BCUT2D eigenvalue weighted by atomic mass is 10.0. The molecule has 4 rings (SSSR count). The van der Waals surface area contributed by atoms with Gasteiger partial charge in [0.25, 0.3) is 5.91 Å². The van der Waals surface area contributed by atoms with Crippen LogP contribution in [0.2, 0.25) is 0 Å². The van der Waals surface area contributed by atoms with Crippen molar-refractivity contribution in [1.82, 2.24) is 15.2 Å². The average Bonchev–Trinajstić information content (AvgIpc) is 3.24. The summed E-state index contributed by atoms with van der Waals surface area (Å²) in [5.41, 5.74) is -3.64. The first-order chi connectivity index (χ1) is 18.6. The van der Waals surface area contributed by atoms with Crippen molar-refractivity contribution >= 4 is 40.1 Å². The number of nitrogens with zero attached hydrogens (tertiary/aromatic N) is 2. The van der Waals surface area contributed by atoms with E-state index < -0.39 is 17.7 Å². The third-order valence-electron chi connectivity index (χ3n) is 6.10. The van der Waals surface area contributed by atoms with Gasteiger partial charge in [0.05, 0.1) is 30.3 Å². The van der Waals surface area contributed by atoms with Crippen molar-refractivity contribution in [3.63, 3.8) is 0 Å². The Balaban J connectivity index is 1.61. The fourth-order valence-corrected chi connectivity index (χ4v) is 4.88. The number of ether oxygens (including phenoxy) is 1. The van der Waals surface area contributed by atoms with Gasteiger partial charge in [-0.1, -0.05) is 5.92 Å². The van der Waals surface area contributed by atoms with Gasteiger partial charge < -0.3 is 30.0 Å². The van der Waals surface area contributed by atoms with Crippen molar-refractivity contribution in [3.05, 3.63) is 41.8 Å². The molecule has 0 radical (unpaired) electrons. The van der Waals surface area contributed by atoms with Crippen molar-refractivity contribution in [2.45, 2.75) is 29.0 Å². The Labute approximate surface area is 226 Å². The maximum absolute atomic E-state index is 14.6. The molecule has 0 unspecified atom stereocenters. The van der Waals surface area contributed by atoms with Crippen LogP contribution in [0.15, 0.2) is 39.8 Å². The van der Waals surface area contributed by atoms with Crippen molar-refractivity contribution in [1.29, 1.82) is 0 Å². The first kappa shape index (κ1) is 28.4. The summed E-state index contributed by atoms with van der Waals surface area (Å²) in [7, 11) is 4.80. The minimum Gasteiger partial charge on any atom is -0.495 e. The zero-order valence-electron chi connectivity index (χ0n) is 21.4. The molecule has 3 aromatic rings. The van der Waals surface area contributed by atoms with E-state index in [-0.39, 0.29) is 58.2 Å². The number of thioether (sulfide) groups is 1. The smallest absolute Gasteiger partial charge is 0.446 e. The Morgan fingerprint density at radius 2 is 2.13 bits per heavy atom. The highest BCUT2D eigenvalue weighted by Gasteiger charge is 2.34. The maximum Gasteiger partial charge on any atom is 0.446 e. The van der Waals surface area contributed by atoms with E-state index in [2.05, 4.69) is 32.8 Å². The van der Waals surface area contributed by atoms with Crippen LogP contribution in [0.3, 0.4) is 0 Å². The summed E-state index contributed by atoms with van der Waals surface area (Å²) in [5.74, 6) is 5.59. The quantitative estimate of drug-likeness (QED) is 0.215. The lowest BCUT2D eigenvalue weighted by Crippen LogP contribution is -2.46. The maximum atomic E-state index is 14.6. The van der Waals surface area contributed by atoms with Gasteiger partial charge in [0, 0.05) is 37.3 Å². The van der Waals surface area contributed by atoms with Crippen LogP contribution < -0.4 is 20.7 Å². The summed E-state index contributed by atoms with van der Waals surface area (Å²) in [5, 5.41) is 8.73. The van der Waals surface area contributed by atoms with Crippen molar-refractivity contribution in [2.75, 3.05) is 51.5 Å². The van der Waals surface area contributed by atoms with Crippen molar-refractivity contribution in [2.24, 2.45) is 0 Å². The molecule has 208 valence electrons. The van der Waals surface area contributed by atoms with E-state index in [4.69, 9.17) is 9.15 Å². The minimum absolute atomic E-state index is 0.0171. The summed E-state index contributed by atoms with van der Waals surface area (Å²) >= 11 is -0.330. The van der Waals surface area contributed by atoms with Gasteiger partial charge in [0.15, 0.2) is 17.2 Å². The summed E-state index contributed by atoms with van der Waals surface area (Å²) in [6.45, 7) is 0.923. The van der Waals surface area contributed by atoms with Gasteiger partial charge >= 0.3 is 5.51 Å². The van der Waals surface area contributed by atoms with E-state index >= 15 is 0 Å². The summed E-state index contributed by atoms with van der Waals surface area (Å²) in [6, 6.07) is 5.65. The van der Waals surface area contributed by atoms with E-state index in [9.17, 15) is 22.4 Å². The van der Waals surface area contributed by atoms with E-state index in [1.807, 2.05) is 11.9 Å². The molecular weight excluding hydrogens is 538 g/mol. The monoisotopic (exact) mass is 565 g/mol. The number of hydrogen-bond acceptors (Lipinski definition) is 8. The standard InChI is InChI=1S/C26H27F4N5O3S/c1-31-25(36)15-6-7-20(37-3)19(13-15)32-10-4-5-21-23(39-26(28,29)30)16-8-11-33-24(22(16)38-21)34-18-9-12-35(2)14-17(18)27/h6-8,11,13,17-18,32H,9-10,12,14H2,1-3H3,(H,31,36)(H,33,34)/t17-,18+/m0/s1. The van der Waals surface area contributed by atoms with Crippen LogP contribution in [-0.2, 0) is 0 Å². The number of alkyl halides is 4. The Kier molecular flexibility index (Phi) is 8.76. The van der Waals surface area contributed by atoms with Gasteiger partial charge in [-0.2, -0.15) is 13.2 Å². The lowest BCUT2D eigenvalue weighted by Gasteiger charge is -2.32. The number of likely N-dealkylation sites (tertiary alicyclic amines) is 1. The van der Waals surface area contributed by atoms with Gasteiger partial charge in [-0.3, -0.25) is 4.79 Å². The molecular formula is C26H27F4N5O3S. The van der Waals surface area contributed by atoms with E-state index in [1.165, 1.54) is 26.4 Å². The number of pyridine rings is 1. The molecule has 2 atom stereocenters. The molecule has 3 N–H and O–H groups in total. The number of amides is 1. The van der Waals surface area contributed by atoms with Crippen LogP contribution in [0.4, 0.5) is 29.1 Å². The number of furan rings is 1. The second kappa shape index (κ2) is 12.0. The molecule has 0 aliphatic carbocycles. The van der Waals surface area contributed by atoms with Crippen molar-refractivity contribution in [3.8, 4) is 17.6 Å². The molecule has 8 nitrogen and oxygen atoms in total. The van der Waals surface area contributed by atoms with Crippen LogP contribution >= 0.6 is 11.8 Å². The van der Waals surface area contributed by atoms with Crippen LogP contribution in [0.5, 0.6) is 5.75 Å². The Morgan fingerprint density at radius 3 is 2.82 bits per heavy atom. The molecule has 1 saturated heterocycles. The van der Waals surface area contributed by atoms with Gasteiger partial charge in [0.2, 0.25) is 0 Å². The van der Waals surface area contributed by atoms with Crippen LogP contribution in [-0.4, -0.2) is 74.4 Å². The largest absolute Gasteiger partial charge is 0.495 e. The topological polar surface area (TPSA) is 91.7 Å². The van der Waals surface area contributed by atoms with Crippen LogP contribution in [0.25, 0.3) is 11.0 Å². The second-order valence-corrected chi connectivity index (χ2v) is 9.89. The number of anilines is 2. The van der Waals surface area contributed by atoms with E-state index in [0.29, 0.717) is 30.0 Å². The molecule has 1 aliphatic rings. The Morgan fingerprint density at radius 1 is 1.33 bits per heavy atom. The molecule has 1 aromatic carbocycles. The normalized spacial score (nSPS) is 17.8. The summed E-state index contributed by atoms with van der Waals surface area (Å²) in [4.78, 5) is 17.8. The van der Waals surface area contributed by atoms with Gasteiger partial charge in [-0.25, -0.2) is 9.37 Å². The third kappa shape index (κ3) is 6.88. The number of piperidine rings is 1. The number of nitrogens with one attached hydrogen (secondary N) is 3. The number of halogens is 4. The number of benzene rings is 1. The zero-order chi connectivity index (χ0) is 28.2. The molecule has 39 heavy (non-hydrogen) atoms. The summed E-state index contributed by atoms with van der Waals surface area (Å²) < 4.78 is 66.0. The highest BCUT2D eigenvalue weighted by Crippen LogP contribution is 2.44. The van der Waals surface area contributed by atoms with Gasteiger partial charge in [-0.05, 0) is 55.4 Å². The molecule has 3 heterocycles. The van der Waals surface area contributed by atoms with Crippen molar-refractivity contribution < 1.29 is 31.5 Å². The number of carbonyl (C=O) groups excluding carboxylic acids is 1. The third-order valence-corrected chi connectivity index (χ3v) is 6.94. The highest BCUT2D eigenvalue weighted by atomic mass is 32.2. The zero-order valence-corrected chi connectivity index (χ0v) is 22.2. The van der Waals surface area contributed by atoms with E-state index in [0.717, 1.165) is 0 Å². The molecule has 2 aromatic heterocycles. The average molecular weight is 566 g/mol. The van der Waals surface area contributed by atoms with Crippen LogP contribution in [0, 0.1) is 11.8 Å². The van der Waals surface area contributed by atoms with Crippen LogP contribution in [0.1, 0.15) is 22.5 Å². The fraction of sp³-hybridized carbons (Fsp3) is 0.385.